The van der Waals surface area contributed by atoms with E-state index in [0.29, 0.717) is 12.4 Å². The quantitative estimate of drug-likeness (QED) is 0.847. The van der Waals surface area contributed by atoms with E-state index in [9.17, 15) is 0 Å². The van der Waals surface area contributed by atoms with Gasteiger partial charge in [-0.1, -0.05) is 54.9 Å². The molecule has 0 aliphatic carbocycles. The number of nitrogens with two attached hydrogens (primary N) is 1. The predicted molar refractivity (Wildman–Crippen MR) is 88.7 cm³/mol. The highest BCUT2D eigenvalue weighted by Crippen LogP contribution is 2.32. The van der Waals surface area contributed by atoms with Crippen LogP contribution < -0.4 is 5.73 Å². The number of nitrogen functional groups attached to an aromatic ring is 1. The standard InChI is InChI=1S/C16H20BrN3/c1-5-10-20-14(18)13(19-15(20)16(2,3)4)11-6-8-12(17)9-7-11/h5-9H,1,10,18H2,2-4H3. The third-order valence-corrected chi connectivity index (χ3v) is 3.64. The van der Waals surface area contributed by atoms with Crippen molar-refractivity contribution in [2.24, 2.45) is 0 Å². The first-order valence-electron chi connectivity index (χ1n) is 6.58. The first-order valence-corrected chi connectivity index (χ1v) is 7.37. The van der Waals surface area contributed by atoms with Crippen molar-refractivity contribution < 1.29 is 0 Å². The SMILES string of the molecule is C=CCn1c(C(C)(C)C)nc(-c2ccc(Br)cc2)c1N. The molecular weight excluding hydrogens is 314 g/mol. The molecule has 1 aromatic heterocycles. The Bertz CT molecular complexity index is 618. The Balaban J connectivity index is 2.60. The highest BCUT2D eigenvalue weighted by Gasteiger charge is 2.24. The highest BCUT2D eigenvalue weighted by molar-refractivity contribution is 9.10. The summed E-state index contributed by atoms with van der Waals surface area (Å²) in [4.78, 5) is 4.77. The summed E-state index contributed by atoms with van der Waals surface area (Å²) in [5.41, 5.74) is 8.10. The number of benzene rings is 1. The summed E-state index contributed by atoms with van der Waals surface area (Å²) in [5, 5.41) is 0. The Morgan fingerprint density at radius 3 is 2.40 bits per heavy atom. The maximum atomic E-state index is 6.30. The number of halogens is 1. The van der Waals surface area contributed by atoms with Gasteiger partial charge in [0.2, 0.25) is 0 Å². The van der Waals surface area contributed by atoms with Crippen LogP contribution in [-0.4, -0.2) is 9.55 Å². The van der Waals surface area contributed by atoms with Crippen molar-refractivity contribution in [3.8, 4) is 11.3 Å². The lowest BCUT2D eigenvalue weighted by atomic mass is 9.95. The summed E-state index contributed by atoms with van der Waals surface area (Å²) in [6, 6.07) is 8.04. The largest absolute Gasteiger partial charge is 0.383 e. The van der Waals surface area contributed by atoms with Crippen LogP contribution in [0.25, 0.3) is 11.3 Å². The molecule has 0 fully saturated rings. The molecule has 3 nitrogen and oxygen atoms in total. The number of hydrogen-bond donors (Lipinski definition) is 1. The van der Waals surface area contributed by atoms with Gasteiger partial charge in [-0.3, -0.25) is 0 Å². The number of anilines is 1. The number of nitrogens with zero attached hydrogens (tertiary/aromatic N) is 2. The van der Waals surface area contributed by atoms with Crippen molar-refractivity contribution in [1.82, 2.24) is 9.55 Å². The smallest absolute Gasteiger partial charge is 0.132 e. The van der Waals surface area contributed by atoms with Crippen LogP contribution in [-0.2, 0) is 12.0 Å². The minimum absolute atomic E-state index is 0.0647. The molecule has 0 amide bonds. The second-order valence-corrected chi connectivity index (χ2v) is 6.74. The van der Waals surface area contributed by atoms with Crippen LogP contribution in [0.5, 0.6) is 0 Å². The zero-order valence-electron chi connectivity index (χ0n) is 12.2. The van der Waals surface area contributed by atoms with Crippen LogP contribution in [0.2, 0.25) is 0 Å². The molecule has 4 heteroatoms. The Morgan fingerprint density at radius 1 is 1.30 bits per heavy atom. The van der Waals surface area contributed by atoms with Crippen molar-refractivity contribution in [1.29, 1.82) is 0 Å². The van der Waals surface area contributed by atoms with Crippen LogP contribution in [0, 0.1) is 0 Å². The topological polar surface area (TPSA) is 43.8 Å². The molecule has 20 heavy (non-hydrogen) atoms. The summed E-state index contributed by atoms with van der Waals surface area (Å²) in [5.74, 6) is 1.67. The Morgan fingerprint density at radius 2 is 1.90 bits per heavy atom. The van der Waals surface area contributed by atoms with Gasteiger partial charge in [-0.25, -0.2) is 4.98 Å². The molecule has 0 unspecified atom stereocenters. The number of aromatic nitrogens is 2. The molecule has 0 radical (unpaired) electrons. The van der Waals surface area contributed by atoms with E-state index in [0.717, 1.165) is 21.6 Å². The van der Waals surface area contributed by atoms with Gasteiger partial charge in [0.1, 0.15) is 17.3 Å². The van der Waals surface area contributed by atoms with Crippen molar-refractivity contribution in [2.45, 2.75) is 32.7 Å². The first-order chi connectivity index (χ1) is 9.34. The summed E-state index contributed by atoms with van der Waals surface area (Å²) < 4.78 is 3.08. The van der Waals surface area contributed by atoms with E-state index in [1.54, 1.807) is 0 Å². The lowest BCUT2D eigenvalue weighted by molar-refractivity contribution is 0.515. The van der Waals surface area contributed by atoms with Crippen molar-refractivity contribution in [3.63, 3.8) is 0 Å². The van der Waals surface area contributed by atoms with E-state index >= 15 is 0 Å². The number of hydrogen-bond acceptors (Lipinski definition) is 2. The Kier molecular flexibility index (Phi) is 4.04. The average Bonchev–Trinajstić information content (AvgIpc) is 2.69. The third-order valence-electron chi connectivity index (χ3n) is 3.11. The summed E-state index contributed by atoms with van der Waals surface area (Å²) in [6.07, 6.45) is 1.85. The van der Waals surface area contributed by atoms with Gasteiger partial charge in [-0.15, -0.1) is 6.58 Å². The molecule has 1 aromatic carbocycles. The van der Waals surface area contributed by atoms with Crippen molar-refractivity contribution >= 4 is 21.7 Å². The fourth-order valence-corrected chi connectivity index (χ4v) is 2.44. The molecule has 0 aliphatic heterocycles. The van der Waals surface area contributed by atoms with E-state index in [2.05, 4.69) is 43.3 Å². The van der Waals surface area contributed by atoms with Gasteiger partial charge < -0.3 is 10.3 Å². The van der Waals surface area contributed by atoms with E-state index in [1.807, 2.05) is 34.9 Å². The van der Waals surface area contributed by atoms with Crippen LogP contribution in [0.1, 0.15) is 26.6 Å². The molecule has 1 heterocycles. The molecule has 0 atom stereocenters. The van der Waals surface area contributed by atoms with Gasteiger partial charge in [-0.05, 0) is 12.1 Å². The van der Waals surface area contributed by atoms with E-state index in [4.69, 9.17) is 10.7 Å². The van der Waals surface area contributed by atoms with Gasteiger partial charge >= 0.3 is 0 Å². The lowest BCUT2D eigenvalue weighted by Crippen LogP contribution is -2.19. The molecule has 2 N–H and O–H groups in total. The second-order valence-electron chi connectivity index (χ2n) is 5.83. The molecule has 2 rings (SSSR count). The number of rotatable bonds is 3. The molecule has 0 aliphatic rings. The van der Waals surface area contributed by atoms with Crippen LogP contribution in [0.4, 0.5) is 5.82 Å². The van der Waals surface area contributed by atoms with Crippen molar-refractivity contribution in [2.75, 3.05) is 5.73 Å². The van der Waals surface area contributed by atoms with Crippen LogP contribution >= 0.6 is 15.9 Å². The normalized spacial score (nSPS) is 11.6. The maximum absolute atomic E-state index is 6.30. The fourth-order valence-electron chi connectivity index (χ4n) is 2.17. The molecule has 0 bridgehead atoms. The zero-order chi connectivity index (χ0) is 14.9. The first kappa shape index (κ1) is 14.9. The average molecular weight is 334 g/mol. The minimum atomic E-state index is -0.0647. The van der Waals surface area contributed by atoms with Gasteiger partial charge in [-0.2, -0.15) is 0 Å². The van der Waals surface area contributed by atoms with Crippen LogP contribution in [0.15, 0.2) is 41.4 Å². The van der Waals surface area contributed by atoms with Crippen molar-refractivity contribution in [3.05, 3.63) is 47.2 Å². The summed E-state index contributed by atoms with van der Waals surface area (Å²) in [7, 11) is 0. The maximum Gasteiger partial charge on any atom is 0.132 e. The minimum Gasteiger partial charge on any atom is -0.383 e. The molecule has 0 spiro atoms. The summed E-state index contributed by atoms with van der Waals surface area (Å²) in [6.45, 7) is 10.9. The number of allylic oxidation sites excluding steroid dienone is 1. The van der Waals surface area contributed by atoms with E-state index in [1.165, 1.54) is 0 Å². The number of imidazole rings is 1. The van der Waals surface area contributed by atoms with Gasteiger partial charge in [0.25, 0.3) is 0 Å². The Hall–Kier alpha value is -1.55. The molecule has 2 aromatic rings. The molecule has 0 saturated carbocycles. The monoisotopic (exact) mass is 333 g/mol. The second kappa shape index (κ2) is 5.44. The van der Waals surface area contributed by atoms with Gasteiger partial charge in [0.05, 0.1) is 0 Å². The molecule has 0 saturated heterocycles. The fraction of sp³-hybridized carbons (Fsp3) is 0.312. The lowest BCUT2D eigenvalue weighted by Gasteiger charge is -2.19. The zero-order valence-corrected chi connectivity index (χ0v) is 13.7. The van der Waals surface area contributed by atoms with Gasteiger partial charge in [0.15, 0.2) is 0 Å². The van der Waals surface area contributed by atoms with E-state index in [-0.39, 0.29) is 5.41 Å². The third kappa shape index (κ3) is 2.80. The predicted octanol–water partition coefficient (Wildman–Crippen LogP) is 4.38. The van der Waals surface area contributed by atoms with E-state index < -0.39 is 0 Å². The molecular formula is C16H20BrN3. The molecule has 106 valence electrons. The summed E-state index contributed by atoms with van der Waals surface area (Å²) >= 11 is 3.44. The van der Waals surface area contributed by atoms with Crippen LogP contribution in [0.3, 0.4) is 0 Å². The Labute approximate surface area is 128 Å². The highest BCUT2D eigenvalue weighted by atomic mass is 79.9. The van der Waals surface area contributed by atoms with Gasteiger partial charge in [0, 0.05) is 22.0 Å².